The van der Waals surface area contributed by atoms with Crippen molar-refractivity contribution in [2.75, 3.05) is 43.9 Å². The Hall–Kier alpha value is -1.59. The van der Waals surface area contributed by atoms with Crippen LogP contribution in [-0.2, 0) is 4.79 Å². The molecule has 5 heteroatoms. The van der Waals surface area contributed by atoms with Crippen LogP contribution in [0.2, 0.25) is 0 Å². The Labute approximate surface area is 126 Å². The number of hydrogen-bond donors (Lipinski definition) is 2. The molecule has 2 rings (SSSR count). The molecule has 1 unspecified atom stereocenters. The third kappa shape index (κ3) is 3.74. The summed E-state index contributed by atoms with van der Waals surface area (Å²) in [5.41, 5.74) is 2.48. The summed E-state index contributed by atoms with van der Waals surface area (Å²) in [7, 11) is 4.12. The van der Waals surface area contributed by atoms with Crippen LogP contribution in [0.1, 0.15) is 25.5 Å². The minimum Gasteiger partial charge on any atom is -0.378 e. The molecule has 1 aromatic carbocycles. The van der Waals surface area contributed by atoms with E-state index >= 15 is 0 Å². The first kappa shape index (κ1) is 15.8. The molecule has 1 atom stereocenters. The normalized spacial score (nSPS) is 17.3. The highest BCUT2D eigenvalue weighted by atomic mass is 16.3. The van der Waals surface area contributed by atoms with E-state index in [-0.39, 0.29) is 5.91 Å². The van der Waals surface area contributed by atoms with E-state index in [1.165, 1.54) is 0 Å². The first-order valence-corrected chi connectivity index (χ1v) is 7.41. The highest BCUT2D eigenvalue weighted by Gasteiger charge is 2.28. The summed E-state index contributed by atoms with van der Waals surface area (Å²) >= 11 is 0. The van der Waals surface area contributed by atoms with Crippen molar-refractivity contribution in [2.24, 2.45) is 5.92 Å². The predicted octanol–water partition coefficient (Wildman–Crippen LogP) is 1.70. The standard InChI is InChI=1S/C16H25N3O2/c1-11(2)10-19(8-7-18(3)4)12-5-6-13-14(9-12)17-16(21)15(13)20/h5-6,9,11,15,20H,7-8,10H2,1-4H3,(H,17,21). The number of aliphatic hydroxyl groups is 1. The molecule has 0 saturated heterocycles. The first-order valence-electron chi connectivity index (χ1n) is 7.41. The number of carbonyl (C=O) groups excluding carboxylic acids is 1. The smallest absolute Gasteiger partial charge is 0.257 e. The van der Waals surface area contributed by atoms with E-state index in [0.29, 0.717) is 11.5 Å². The summed E-state index contributed by atoms with van der Waals surface area (Å²) in [4.78, 5) is 16.0. The fourth-order valence-electron chi connectivity index (χ4n) is 2.52. The van der Waals surface area contributed by atoms with E-state index in [1.807, 2.05) is 18.2 Å². The van der Waals surface area contributed by atoms with Crippen LogP contribution in [0.15, 0.2) is 18.2 Å². The van der Waals surface area contributed by atoms with Crippen LogP contribution in [0.4, 0.5) is 11.4 Å². The molecule has 1 heterocycles. The molecule has 2 N–H and O–H groups in total. The maximum absolute atomic E-state index is 11.5. The molecular weight excluding hydrogens is 266 g/mol. The van der Waals surface area contributed by atoms with Gasteiger partial charge in [0.25, 0.3) is 5.91 Å². The predicted molar refractivity (Wildman–Crippen MR) is 85.6 cm³/mol. The zero-order chi connectivity index (χ0) is 15.6. The van der Waals surface area contributed by atoms with Crippen molar-refractivity contribution in [3.63, 3.8) is 0 Å². The number of hydrogen-bond acceptors (Lipinski definition) is 4. The van der Waals surface area contributed by atoms with Crippen molar-refractivity contribution in [1.82, 2.24) is 4.90 Å². The van der Waals surface area contributed by atoms with E-state index in [2.05, 4.69) is 43.1 Å². The quantitative estimate of drug-likeness (QED) is 0.837. The maximum Gasteiger partial charge on any atom is 0.257 e. The zero-order valence-electron chi connectivity index (χ0n) is 13.3. The van der Waals surface area contributed by atoms with Gasteiger partial charge in [-0.15, -0.1) is 0 Å². The second-order valence-corrected chi connectivity index (χ2v) is 6.31. The Balaban J connectivity index is 2.20. The van der Waals surface area contributed by atoms with E-state index < -0.39 is 6.10 Å². The van der Waals surface area contributed by atoms with Crippen molar-refractivity contribution >= 4 is 17.3 Å². The van der Waals surface area contributed by atoms with Gasteiger partial charge in [-0.2, -0.15) is 0 Å². The molecule has 1 aliphatic rings. The lowest BCUT2D eigenvalue weighted by Gasteiger charge is -2.28. The first-order chi connectivity index (χ1) is 9.88. The fourth-order valence-corrected chi connectivity index (χ4v) is 2.52. The highest BCUT2D eigenvalue weighted by Crippen LogP contribution is 2.34. The van der Waals surface area contributed by atoms with Crippen molar-refractivity contribution < 1.29 is 9.90 Å². The van der Waals surface area contributed by atoms with E-state index in [1.54, 1.807) is 0 Å². The number of likely N-dealkylation sites (N-methyl/N-ethyl adjacent to an activating group) is 1. The van der Waals surface area contributed by atoms with Crippen molar-refractivity contribution in [3.8, 4) is 0 Å². The molecule has 0 saturated carbocycles. The summed E-state index contributed by atoms with van der Waals surface area (Å²) in [5, 5.41) is 12.5. The Morgan fingerprint density at radius 1 is 1.29 bits per heavy atom. The fraction of sp³-hybridized carbons (Fsp3) is 0.562. The number of anilines is 2. The lowest BCUT2D eigenvalue weighted by atomic mass is 10.1. The van der Waals surface area contributed by atoms with Gasteiger partial charge in [0.2, 0.25) is 0 Å². The molecular formula is C16H25N3O2. The number of benzene rings is 1. The lowest BCUT2D eigenvalue weighted by Crippen LogP contribution is -2.34. The highest BCUT2D eigenvalue weighted by molar-refractivity contribution is 6.02. The second kappa shape index (κ2) is 6.45. The Bertz CT molecular complexity index is 514. The van der Waals surface area contributed by atoms with Crippen LogP contribution in [0.3, 0.4) is 0 Å². The molecule has 1 aliphatic heterocycles. The summed E-state index contributed by atoms with van der Waals surface area (Å²) in [6.07, 6.45) is -1.03. The molecule has 1 aromatic rings. The molecule has 0 aromatic heterocycles. The van der Waals surface area contributed by atoms with Crippen LogP contribution in [0.25, 0.3) is 0 Å². The molecule has 1 amide bonds. The van der Waals surface area contributed by atoms with Gasteiger partial charge in [-0.05, 0) is 32.1 Å². The zero-order valence-corrected chi connectivity index (χ0v) is 13.3. The van der Waals surface area contributed by atoms with Crippen molar-refractivity contribution in [3.05, 3.63) is 23.8 Å². The van der Waals surface area contributed by atoms with Gasteiger partial charge in [0, 0.05) is 36.6 Å². The molecule has 0 spiro atoms. The molecule has 116 valence electrons. The topological polar surface area (TPSA) is 55.8 Å². The van der Waals surface area contributed by atoms with Gasteiger partial charge >= 0.3 is 0 Å². The summed E-state index contributed by atoms with van der Waals surface area (Å²) in [5.74, 6) is 0.214. The van der Waals surface area contributed by atoms with Gasteiger partial charge in [-0.25, -0.2) is 0 Å². The molecule has 5 nitrogen and oxygen atoms in total. The number of aliphatic hydroxyl groups excluding tert-OH is 1. The molecule has 21 heavy (non-hydrogen) atoms. The summed E-state index contributed by atoms with van der Waals surface area (Å²) in [6, 6.07) is 5.79. The lowest BCUT2D eigenvalue weighted by molar-refractivity contribution is -0.123. The number of fused-ring (bicyclic) bond motifs is 1. The number of carbonyl (C=O) groups is 1. The Morgan fingerprint density at radius 2 is 2.00 bits per heavy atom. The van der Waals surface area contributed by atoms with Crippen LogP contribution >= 0.6 is 0 Å². The monoisotopic (exact) mass is 291 g/mol. The van der Waals surface area contributed by atoms with Crippen LogP contribution in [0, 0.1) is 5.92 Å². The van der Waals surface area contributed by atoms with Crippen molar-refractivity contribution in [1.29, 1.82) is 0 Å². The van der Waals surface area contributed by atoms with E-state index in [4.69, 9.17) is 0 Å². The van der Waals surface area contributed by atoms with E-state index in [9.17, 15) is 9.90 Å². The Morgan fingerprint density at radius 3 is 2.62 bits per heavy atom. The summed E-state index contributed by atoms with van der Waals surface area (Å²) in [6.45, 7) is 7.26. The maximum atomic E-state index is 11.5. The Kier molecular flexibility index (Phi) is 4.85. The minimum atomic E-state index is -1.03. The van der Waals surface area contributed by atoms with E-state index in [0.717, 1.165) is 31.0 Å². The molecule has 0 bridgehead atoms. The number of rotatable bonds is 6. The van der Waals surface area contributed by atoms with Crippen LogP contribution in [-0.4, -0.2) is 49.6 Å². The summed E-state index contributed by atoms with van der Waals surface area (Å²) < 4.78 is 0. The number of nitrogens with zero attached hydrogens (tertiary/aromatic N) is 2. The van der Waals surface area contributed by atoms with Gasteiger partial charge < -0.3 is 20.2 Å². The van der Waals surface area contributed by atoms with Crippen LogP contribution in [0.5, 0.6) is 0 Å². The molecule has 0 radical (unpaired) electrons. The third-order valence-electron chi connectivity index (χ3n) is 3.61. The van der Waals surface area contributed by atoms with Crippen molar-refractivity contribution in [2.45, 2.75) is 20.0 Å². The van der Waals surface area contributed by atoms with Gasteiger partial charge in [-0.1, -0.05) is 19.9 Å². The average Bonchev–Trinajstić information content (AvgIpc) is 2.69. The SMILES string of the molecule is CC(C)CN(CCN(C)C)c1ccc2c(c1)NC(=O)C2O. The van der Waals surface area contributed by atoms with Gasteiger partial charge in [-0.3, -0.25) is 4.79 Å². The van der Waals surface area contributed by atoms with Crippen LogP contribution < -0.4 is 10.2 Å². The molecule has 0 fully saturated rings. The number of amides is 1. The minimum absolute atomic E-state index is 0.342. The van der Waals surface area contributed by atoms with Gasteiger partial charge in [0.05, 0.1) is 0 Å². The number of nitrogens with one attached hydrogen (secondary N) is 1. The second-order valence-electron chi connectivity index (χ2n) is 6.31. The largest absolute Gasteiger partial charge is 0.378 e. The molecule has 0 aliphatic carbocycles. The van der Waals surface area contributed by atoms with Gasteiger partial charge in [0.1, 0.15) is 0 Å². The third-order valence-corrected chi connectivity index (χ3v) is 3.61. The average molecular weight is 291 g/mol. The van der Waals surface area contributed by atoms with Gasteiger partial charge in [0.15, 0.2) is 6.10 Å².